The molecule has 4 rings (SSSR count). The van der Waals surface area contributed by atoms with Crippen LogP contribution in [0.5, 0.6) is 11.5 Å². The van der Waals surface area contributed by atoms with E-state index < -0.39 is 0 Å². The van der Waals surface area contributed by atoms with Gasteiger partial charge in [0, 0.05) is 31.8 Å². The summed E-state index contributed by atoms with van der Waals surface area (Å²) in [4.78, 5) is 7.16. The number of morpholine rings is 1. The molecule has 10 heteroatoms. The molecule has 1 aromatic carbocycles. The average molecular weight is 430 g/mol. The fourth-order valence-electron chi connectivity index (χ4n) is 3.91. The highest BCUT2D eigenvalue weighted by Crippen LogP contribution is 2.34. The Balaban J connectivity index is 1.67. The van der Waals surface area contributed by atoms with Crippen LogP contribution in [-0.2, 0) is 4.74 Å². The molecule has 4 N–H and O–H groups in total. The predicted molar refractivity (Wildman–Crippen MR) is 118 cm³/mol. The molecule has 0 spiro atoms. The average Bonchev–Trinajstić information content (AvgIpc) is 3.19. The number of rotatable bonds is 9. The first kappa shape index (κ1) is 21.7. The molecule has 10 nitrogen and oxygen atoms in total. The van der Waals surface area contributed by atoms with Crippen LogP contribution in [0.3, 0.4) is 0 Å². The van der Waals surface area contributed by atoms with Crippen molar-refractivity contribution in [1.29, 1.82) is 0 Å². The number of aromatic nitrogens is 4. The Morgan fingerprint density at radius 3 is 2.74 bits per heavy atom. The van der Waals surface area contributed by atoms with Crippen LogP contribution < -0.4 is 20.9 Å². The van der Waals surface area contributed by atoms with Gasteiger partial charge < -0.3 is 25.7 Å². The van der Waals surface area contributed by atoms with E-state index in [2.05, 4.69) is 15.1 Å². The number of ether oxygens (including phenoxy) is 3. The third-order valence-electron chi connectivity index (χ3n) is 5.64. The molecule has 3 heterocycles. The number of aryl methyl sites for hydroxylation is 1. The molecule has 1 fully saturated rings. The summed E-state index contributed by atoms with van der Waals surface area (Å²) in [5.41, 5.74) is 15.1. The Labute approximate surface area is 181 Å². The normalized spacial score (nSPS) is 16.1. The molecule has 3 aromatic rings. The van der Waals surface area contributed by atoms with E-state index in [0.717, 1.165) is 62.5 Å². The molecule has 0 amide bonds. The number of fused-ring (bicyclic) bond motifs is 3. The van der Waals surface area contributed by atoms with Crippen molar-refractivity contribution in [3.05, 3.63) is 23.7 Å². The van der Waals surface area contributed by atoms with Crippen molar-refractivity contribution in [1.82, 2.24) is 24.5 Å². The summed E-state index contributed by atoms with van der Waals surface area (Å²) in [6.45, 7) is 7.28. The molecule has 0 bridgehead atoms. The Hall–Kier alpha value is -2.53. The van der Waals surface area contributed by atoms with Gasteiger partial charge in [0.05, 0.1) is 37.4 Å². The van der Waals surface area contributed by atoms with Gasteiger partial charge in [0.2, 0.25) is 0 Å². The van der Waals surface area contributed by atoms with Crippen LogP contribution in [0.15, 0.2) is 12.1 Å². The lowest BCUT2D eigenvalue weighted by Gasteiger charge is -2.26. The van der Waals surface area contributed by atoms with E-state index in [1.54, 1.807) is 7.11 Å². The van der Waals surface area contributed by atoms with Crippen LogP contribution in [0.4, 0.5) is 0 Å². The molecule has 0 aliphatic carbocycles. The highest BCUT2D eigenvalue weighted by molar-refractivity contribution is 5.82. The summed E-state index contributed by atoms with van der Waals surface area (Å²) in [6, 6.07) is 3.56. The molecule has 2 aromatic heterocycles. The summed E-state index contributed by atoms with van der Waals surface area (Å²) >= 11 is 0. The third-order valence-corrected chi connectivity index (χ3v) is 5.64. The van der Waals surface area contributed by atoms with Gasteiger partial charge in [-0.2, -0.15) is 0 Å². The molecule has 1 aliphatic heterocycles. The lowest BCUT2D eigenvalue weighted by Crippen LogP contribution is -2.38. The molecule has 1 unspecified atom stereocenters. The van der Waals surface area contributed by atoms with Crippen molar-refractivity contribution in [3.63, 3.8) is 0 Å². The van der Waals surface area contributed by atoms with Crippen LogP contribution >= 0.6 is 0 Å². The van der Waals surface area contributed by atoms with Gasteiger partial charge in [-0.15, -0.1) is 10.2 Å². The van der Waals surface area contributed by atoms with Gasteiger partial charge in [0.1, 0.15) is 18.1 Å². The molecule has 1 atom stereocenters. The molecule has 168 valence electrons. The number of hydrogen-bond donors (Lipinski definition) is 2. The van der Waals surface area contributed by atoms with Gasteiger partial charge >= 0.3 is 0 Å². The van der Waals surface area contributed by atoms with Crippen LogP contribution in [0, 0.1) is 6.92 Å². The fraction of sp³-hybridized carbons (Fsp3) is 0.571. The van der Waals surface area contributed by atoms with Crippen molar-refractivity contribution in [2.75, 3.05) is 53.1 Å². The summed E-state index contributed by atoms with van der Waals surface area (Å²) < 4.78 is 19.1. The Kier molecular flexibility index (Phi) is 6.81. The zero-order valence-corrected chi connectivity index (χ0v) is 18.2. The van der Waals surface area contributed by atoms with E-state index in [1.165, 1.54) is 0 Å². The van der Waals surface area contributed by atoms with Crippen LogP contribution in [0.1, 0.15) is 30.4 Å². The topological polar surface area (TPSA) is 126 Å². The van der Waals surface area contributed by atoms with Crippen molar-refractivity contribution < 1.29 is 14.2 Å². The Bertz CT molecular complexity index is 1030. The van der Waals surface area contributed by atoms with E-state index in [1.807, 2.05) is 23.5 Å². The van der Waals surface area contributed by atoms with E-state index >= 15 is 0 Å². The quantitative estimate of drug-likeness (QED) is 0.513. The summed E-state index contributed by atoms with van der Waals surface area (Å²) in [7, 11) is 1.63. The number of nitrogens with two attached hydrogens (primary N) is 2. The van der Waals surface area contributed by atoms with Gasteiger partial charge in [-0.25, -0.2) is 4.98 Å². The van der Waals surface area contributed by atoms with Gasteiger partial charge in [-0.3, -0.25) is 9.30 Å². The molecular formula is C21H31N7O3. The zero-order chi connectivity index (χ0) is 21.8. The molecule has 1 aliphatic rings. The van der Waals surface area contributed by atoms with Crippen molar-refractivity contribution in [3.8, 4) is 11.5 Å². The second-order valence-corrected chi connectivity index (χ2v) is 7.73. The zero-order valence-electron chi connectivity index (χ0n) is 18.2. The SMILES string of the molecule is COc1cc2nc(C(N)CCCN)c3nnc(C)n3c2cc1OCCN1CCOCC1. The number of benzene rings is 1. The first-order chi connectivity index (χ1) is 15.1. The Morgan fingerprint density at radius 1 is 1.19 bits per heavy atom. The lowest BCUT2D eigenvalue weighted by molar-refractivity contribution is 0.0321. The molecule has 0 radical (unpaired) electrons. The second kappa shape index (κ2) is 9.73. The number of methoxy groups -OCH3 is 1. The van der Waals surface area contributed by atoms with E-state index in [4.69, 9.17) is 30.7 Å². The lowest BCUT2D eigenvalue weighted by atomic mass is 10.1. The minimum Gasteiger partial charge on any atom is -0.493 e. The Morgan fingerprint density at radius 2 is 2.00 bits per heavy atom. The molecule has 31 heavy (non-hydrogen) atoms. The summed E-state index contributed by atoms with van der Waals surface area (Å²) in [6.07, 6.45) is 1.55. The fourth-order valence-corrected chi connectivity index (χ4v) is 3.91. The standard InChI is InChI=1S/C21H31N7O3/c1-14-25-26-21-20(15(23)4-3-5-22)24-16-12-18(29-2)19(13-17(16)28(14)21)31-11-8-27-6-9-30-10-7-27/h12-13,15H,3-11,22-23H2,1-2H3. The maximum Gasteiger partial charge on any atom is 0.184 e. The smallest absolute Gasteiger partial charge is 0.184 e. The van der Waals surface area contributed by atoms with Gasteiger partial charge in [-0.05, 0) is 26.3 Å². The largest absolute Gasteiger partial charge is 0.493 e. The molecule has 1 saturated heterocycles. The van der Waals surface area contributed by atoms with Crippen LogP contribution in [0.25, 0.3) is 16.7 Å². The minimum absolute atomic E-state index is 0.269. The highest BCUT2D eigenvalue weighted by atomic mass is 16.5. The first-order valence-electron chi connectivity index (χ1n) is 10.7. The maximum absolute atomic E-state index is 6.42. The minimum atomic E-state index is -0.269. The van der Waals surface area contributed by atoms with E-state index in [0.29, 0.717) is 36.0 Å². The molecular weight excluding hydrogens is 398 g/mol. The first-order valence-corrected chi connectivity index (χ1v) is 10.7. The van der Waals surface area contributed by atoms with E-state index in [9.17, 15) is 0 Å². The predicted octanol–water partition coefficient (Wildman–Crippen LogP) is 1.04. The van der Waals surface area contributed by atoms with Crippen molar-refractivity contribution in [2.45, 2.75) is 25.8 Å². The van der Waals surface area contributed by atoms with Gasteiger partial charge in [0.15, 0.2) is 17.1 Å². The van der Waals surface area contributed by atoms with Gasteiger partial charge in [-0.1, -0.05) is 0 Å². The monoisotopic (exact) mass is 429 g/mol. The second-order valence-electron chi connectivity index (χ2n) is 7.73. The number of nitrogens with zero attached hydrogens (tertiary/aromatic N) is 5. The highest BCUT2D eigenvalue weighted by Gasteiger charge is 2.20. The maximum atomic E-state index is 6.42. The van der Waals surface area contributed by atoms with E-state index in [-0.39, 0.29) is 6.04 Å². The van der Waals surface area contributed by atoms with Crippen LogP contribution in [-0.4, -0.2) is 77.6 Å². The molecule has 0 saturated carbocycles. The van der Waals surface area contributed by atoms with Crippen molar-refractivity contribution in [2.24, 2.45) is 11.5 Å². The van der Waals surface area contributed by atoms with Crippen LogP contribution in [0.2, 0.25) is 0 Å². The van der Waals surface area contributed by atoms with Gasteiger partial charge in [0.25, 0.3) is 0 Å². The van der Waals surface area contributed by atoms with Crippen molar-refractivity contribution >= 4 is 16.7 Å². The third kappa shape index (κ3) is 4.57. The number of hydrogen-bond acceptors (Lipinski definition) is 9. The summed E-state index contributed by atoms with van der Waals surface area (Å²) in [5.74, 6) is 2.06. The summed E-state index contributed by atoms with van der Waals surface area (Å²) in [5, 5.41) is 8.61.